The standard InChI is InChI=1S/C22H25NO5S/c1-4-28-22(25)20(17-13-16(26-2)9-10-18(17)27-3)14-7-8-15(12-14)23-21(24)19-6-5-11-29-19/h5-11,13-15,20H,4,12H2,1-3H3,(H,23,24). The van der Waals surface area contributed by atoms with Crippen LogP contribution >= 0.6 is 11.3 Å². The van der Waals surface area contributed by atoms with Gasteiger partial charge in [-0.25, -0.2) is 0 Å². The van der Waals surface area contributed by atoms with Crippen LogP contribution < -0.4 is 14.8 Å². The van der Waals surface area contributed by atoms with E-state index < -0.39 is 5.92 Å². The van der Waals surface area contributed by atoms with Crippen LogP contribution in [0.5, 0.6) is 11.5 Å². The summed E-state index contributed by atoms with van der Waals surface area (Å²) in [5.74, 6) is 0.118. The van der Waals surface area contributed by atoms with Gasteiger partial charge in [-0.05, 0) is 48.9 Å². The Bertz CT molecular complexity index is 877. The number of rotatable bonds is 8. The molecule has 3 atom stereocenters. The second-order valence-electron chi connectivity index (χ2n) is 6.68. The van der Waals surface area contributed by atoms with Gasteiger partial charge in [0.05, 0.1) is 31.6 Å². The highest BCUT2D eigenvalue weighted by molar-refractivity contribution is 7.12. The van der Waals surface area contributed by atoms with Gasteiger partial charge < -0.3 is 19.5 Å². The van der Waals surface area contributed by atoms with Gasteiger partial charge in [-0.2, -0.15) is 0 Å². The third kappa shape index (κ3) is 4.79. The van der Waals surface area contributed by atoms with Crippen molar-refractivity contribution in [2.24, 2.45) is 5.92 Å². The number of hydrogen-bond donors (Lipinski definition) is 1. The summed E-state index contributed by atoms with van der Waals surface area (Å²) in [7, 11) is 3.15. The van der Waals surface area contributed by atoms with Crippen molar-refractivity contribution < 1.29 is 23.8 Å². The maximum atomic E-state index is 12.9. The number of carbonyl (C=O) groups excluding carboxylic acids is 2. The molecule has 3 rings (SSSR count). The number of carbonyl (C=O) groups is 2. The molecule has 0 saturated carbocycles. The summed E-state index contributed by atoms with van der Waals surface area (Å²) in [5.41, 5.74) is 0.713. The number of allylic oxidation sites excluding steroid dienone is 1. The van der Waals surface area contributed by atoms with Gasteiger partial charge in [0, 0.05) is 11.6 Å². The molecule has 2 aromatic rings. The number of thiophene rings is 1. The van der Waals surface area contributed by atoms with Crippen molar-refractivity contribution in [1.29, 1.82) is 0 Å². The van der Waals surface area contributed by atoms with Gasteiger partial charge in [0.2, 0.25) is 0 Å². The Hall–Kier alpha value is -2.80. The number of amides is 1. The van der Waals surface area contributed by atoms with Gasteiger partial charge in [0.1, 0.15) is 11.5 Å². The predicted octanol–water partition coefficient (Wildman–Crippen LogP) is 3.79. The summed E-state index contributed by atoms with van der Waals surface area (Å²) in [6.07, 6.45) is 4.51. The number of ether oxygens (including phenoxy) is 3. The van der Waals surface area contributed by atoms with E-state index in [1.807, 2.05) is 29.7 Å². The Balaban J connectivity index is 1.83. The van der Waals surface area contributed by atoms with E-state index in [2.05, 4.69) is 5.32 Å². The summed E-state index contributed by atoms with van der Waals surface area (Å²) in [4.78, 5) is 25.9. The second-order valence-corrected chi connectivity index (χ2v) is 7.63. The van der Waals surface area contributed by atoms with Crippen molar-refractivity contribution in [3.63, 3.8) is 0 Å². The molecule has 0 spiro atoms. The Morgan fingerprint density at radius 3 is 2.69 bits per heavy atom. The molecule has 1 amide bonds. The molecule has 1 aliphatic rings. The Morgan fingerprint density at radius 1 is 1.21 bits per heavy atom. The topological polar surface area (TPSA) is 73.9 Å². The maximum Gasteiger partial charge on any atom is 0.314 e. The molecule has 0 bridgehead atoms. The summed E-state index contributed by atoms with van der Waals surface area (Å²) in [6, 6.07) is 8.88. The smallest absolute Gasteiger partial charge is 0.314 e. The van der Waals surface area contributed by atoms with Gasteiger partial charge in [-0.15, -0.1) is 11.3 Å². The van der Waals surface area contributed by atoms with E-state index in [0.29, 0.717) is 28.4 Å². The highest BCUT2D eigenvalue weighted by Gasteiger charge is 2.36. The first-order valence-corrected chi connectivity index (χ1v) is 10.4. The number of hydrogen-bond acceptors (Lipinski definition) is 6. The fourth-order valence-corrected chi connectivity index (χ4v) is 4.20. The molecule has 7 heteroatoms. The molecule has 0 aliphatic heterocycles. The van der Waals surface area contributed by atoms with Crippen molar-refractivity contribution in [3.8, 4) is 11.5 Å². The van der Waals surface area contributed by atoms with Crippen LogP contribution in [0.25, 0.3) is 0 Å². The fourth-order valence-electron chi connectivity index (χ4n) is 3.58. The zero-order chi connectivity index (χ0) is 20.8. The number of esters is 1. The summed E-state index contributed by atoms with van der Waals surface area (Å²) >= 11 is 1.40. The summed E-state index contributed by atoms with van der Waals surface area (Å²) in [5, 5.41) is 4.89. The average Bonchev–Trinajstić information content (AvgIpc) is 3.41. The van der Waals surface area contributed by atoms with E-state index in [-0.39, 0.29) is 30.4 Å². The summed E-state index contributed by atoms with van der Waals surface area (Å²) < 4.78 is 16.2. The minimum absolute atomic E-state index is 0.109. The van der Waals surface area contributed by atoms with Crippen molar-refractivity contribution >= 4 is 23.2 Å². The van der Waals surface area contributed by atoms with E-state index in [0.717, 1.165) is 0 Å². The second kappa shape index (κ2) is 9.60. The molecule has 29 heavy (non-hydrogen) atoms. The molecule has 1 aliphatic carbocycles. The van der Waals surface area contributed by atoms with Crippen molar-refractivity contribution in [3.05, 3.63) is 58.3 Å². The molecule has 6 nitrogen and oxygen atoms in total. The van der Waals surface area contributed by atoms with Gasteiger partial charge in [-0.3, -0.25) is 9.59 Å². The van der Waals surface area contributed by atoms with E-state index >= 15 is 0 Å². The predicted molar refractivity (Wildman–Crippen MR) is 112 cm³/mol. The van der Waals surface area contributed by atoms with Gasteiger partial charge in [0.15, 0.2) is 0 Å². The molecule has 1 aromatic heterocycles. The first-order valence-electron chi connectivity index (χ1n) is 9.48. The zero-order valence-electron chi connectivity index (χ0n) is 16.7. The summed E-state index contributed by atoms with van der Waals surface area (Å²) in [6.45, 7) is 2.07. The molecule has 1 N–H and O–H groups in total. The Morgan fingerprint density at radius 2 is 2.03 bits per heavy atom. The van der Waals surface area contributed by atoms with Gasteiger partial charge >= 0.3 is 5.97 Å². The lowest BCUT2D eigenvalue weighted by Gasteiger charge is -2.24. The van der Waals surface area contributed by atoms with E-state index in [1.54, 1.807) is 39.3 Å². The lowest BCUT2D eigenvalue weighted by molar-refractivity contribution is -0.146. The van der Waals surface area contributed by atoms with Crippen molar-refractivity contribution in [2.45, 2.75) is 25.3 Å². The largest absolute Gasteiger partial charge is 0.497 e. The van der Waals surface area contributed by atoms with E-state index in [1.165, 1.54) is 11.3 Å². The molecule has 0 saturated heterocycles. The fraction of sp³-hybridized carbons (Fsp3) is 0.364. The monoisotopic (exact) mass is 415 g/mol. The molecule has 154 valence electrons. The van der Waals surface area contributed by atoms with Crippen molar-refractivity contribution in [2.75, 3.05) is 20.8 Å². The minimum atomic E-state index is -0.556. The molecular formula is C22H25NO5S. The van der Waals surface area contributed by atoms with Gasteiger partial charge in [0.25, 0.3) is 5.91 Å². The molecule has 1 heterocycles. The SMILES string of the molecule is CCOC(=O)C(c1cc(OC)ccc1OC)C1C=CC(NC(=O)c2cccs2)C1. The third-order valence-electron chi connectivity index (χ3n) is 4.92. The Labute approximate surface area is 174 Å². The maximum absolute atomic E-state index is 12.9. The molecule has 3 unspecified atom stereocenters. The number of methoxy groups -OCH3 is 2. The average molecular weight is 416 g/mol. The highest BCUT2D eigenvalue weighted by atomic mass is 32.1. The molecule has 1 aromatic carbocycles. The number of benzene rings is 1. The van der Waals surface area contributed by atoms with Gasteiger partial charge in [-0.1, -0.05) is 18.2 Å². The lowest BCUT2D eigenvalue weighted by Crippen LogP contribution is -2.33. The van der Waals surface area contributed by atoms with Crippen LogP contribution in [0.4, 0.5) is 0 Å². The first kappa shape index (κ1) is 20.9. The van der Waals surface area contributed by atoms with Crippen LogP contribution in [-0.2, 0) is 9.53 Å². The van der Waals surface area contributed by atoms with Crippen LogP contribution in [0.2, 0.25) is 0 Å². The highest BCUT2D eigenvalue weighted by Crippen LogP contribution is 2.40. The zero-order valence-corrected chi connectivity index (χ0v) is 17.5. The quantitative estimate of drug-likeness (QED) is 0.525. The van der Waals surface area contributed by atoms with E-state index in [9.17, 15) is 9.59 Å². The lowest BCUT2D eigenvalue weighted by atomic mass is 9.84. The minimum Gasteiger partial charge on any atom is -0.497 e. The third-order valence-corrected chi connectivity index (χ3v) is 5.79. The normalized spacial score (nSPS) is 18.9. The van der Waals surface area contributed by atoms with Crippen LogP contribution in [0, 0.1) is 5.92 Å². The molecule has 0 fully saturated rings. The van der Waals surface area contributed by atoms with Crippen LogP contribution in [0.3, 0.4) is 0 Å². The van der Waals surface area contributed by atoms with E-state index in [4.69, 9.17) is 14.2 Å². The van der Waals surface area contributed by atoms with Crippen LogP contribution in [0.15, 0.2) is 47.9 Å². The molecular weight excluding hydrogens is 390 g/mol. The Kier molecular flexibility index (Phi) is 6.93. The van der Waals surface area contributed by atoms with Crippen LogP contribution in [0.1, 0.15) is 34.5 Å². The van der Waals surface area contributed by atoms with Crippen LogP contribution in [-0.4, -0.2) is 38.7 Å². The number of nitrogens with one attached hydrogen (secondary N) is 1. The van der Waals surface area contributed by atoms with Crippen molar-refractivity contribution in [1.82, 2.24) is 5.32 Å². The molecule has 0 radical (unpaired) electrons. The first-order chi connectivity index (χ1) is 14.1.